The van der Waals surface area contributed by atoms with Crippen molar-refractivity contribution in [3.8, 4) is 23.2 Å². The molecule has 1 aromatic heterocycles. The van der Waals surface area contributed by atoms with Crippen molar-refractivity contribution in [3.63, 3.8) is 0 Å². The molecule has 4 rings (SSSR count). The van der Waals surface area contributed by atoms with E-state index in [1.165, 1.54) is 4.90 Å². The summed E-state index contributed by atoms with van der Waals surface area (Å²) in [6, 6.07) is 0.389. The third-order valence-electron chi connectivity index (χ3n) is 4.91. The normalized spacial score (nSPS) is 18.6. The Morgan fingerprint density at radius 2 is 1.94 bits per heavy atom. The van der Waals surface area contributed by atoms with Gasteiger partial charge in [0.15, 0.2) is 0 Å². The first-order valence-corrected chi connectivity index (χ1v) is 9.18. The summed E-state index contributed by atoms with van der Waals surface area (Å²) >= 11 is 0. The van der Waals surface area contributed by atoms with Gasteiger partial charge in [-0.05, 0) is 24.8 Å². The van der Waals surface area contributed by atoms with Crippen LogP contribution in [-0.2, 0) is 15.8 Å². The summed E-state index contributed by atoms with van der Waals surface area (Å²) < 4.78 is 71.2. The lowest BCUT2D eigenvalue weighted by Gasteiger charge is -2.28. The Morgan fingerprint density at radius 1 is 1.19 bits per heavy atom. The average molecular weight is 440 g/mol. The largest absolute Gasteiger partial charge is 0.471 e. The average Bonchev–Trinajstić information content (AvgIpc) is 3.27. The molecule has 0 bridgehead atoms. The number of amides is 2. The Hall–Kier alpha value is -3.49. The van der Waals surface area contributed by atoms with Crippen molar-refractivity contribution in [2.45, 2.75) is 31.5 Å². The number of nitrogens with zero attached hydrogens (tertiary/aromatic N) is 4. The zero-order chi connectivity index (χ0) is 22.3. The van der Waals surface area contributed by atoms with Gasteiger partial charge in [0.25, 0.3) is 5.91 Å². The number of hydrogen-bond donors (Lipinski definition) is 0. The van der Waals surface area contributed by atoms with Gasteiger partial charge in [-0.3, -0.25) is 14.5 Å². The van der Waals surface area contributed by atoms with Crippen LogP contribution in [0, 0.1) is 23.5 Å². The number of carbonyl (C=O) groups is 2. The summed E-state index contributed by atoms with van der Waals surface area (Å²) in [4.78, 5) is 29.7. The first kappa shape index (κ1) is 20.8. The molecule has 2 aromatic rings. The van der Waals surface area contributed by atoms with Gasteiger partial charge in [-0.2, -0.15) is 18.2 Å². The van der Waals surface area contributed by atoms with Gasteiger partial charge in [-0.1, -0.05) is 11.1 Å². The van der Waals surface area contributed by atoms with Gasteiger partial charge < -0.3 is 9.42 Å². The van der Waals surface area contributed by atoms with E-state index in [1.807, 2.05) is 0 Å². The molecule has 2 saturated heterocycles. The molecule has 0 saturated carbocycles. The van der Waals surface area contributed by atoms with Gasteiger partial charge in [0, 0.05) is 25.6 Å². The van der Waals surface area contributed by atoms with Crippen molar-refractivity contribution >= 4 is 17.5 Å². The highest BCUT2D eigenvalue weighted by molar-refractivity contribution is 5.99. The number of hydrogen-bond acceptors (Lipinski definition) is 5. The third kappa shape index (κ3) is 3.95. The Labute approximate surface area is 171 Å². The standard InChI is InChI=1S/C19H13F5N4O3/c20-12-9-14(13(21)8-11(12)17-25-18(31-26-17)19(22,23)24)28-10(3-5-16(28)30)2-4-15(29)27-6-1-7-27/h8-10H,1,3,5-7H2/t10-/m1/s1. The topological polar surface area (TPSA) is 79.5 Å². The predicted octanol–water partition coefficient (Wildman–Crippen LogP) is 2.76. The highest BCUT2D eigenvalue weighted by Crippen LogP contribution is 2.34. The number of benzene rings is 1. The Kier molecular flexibility index (Phi) is 5.12. The molecule has 162 valence electrons. The second kappa shape index (κ2) is 7.64. The van der Waals surface area contributed by atoms with Gasteiger partial charge in [0.1, 0.15) is 11.6 Å². The van der Waals surface area contributed by atoms with Crippen LogP contribution in [0.1, 0.15) is 25.2 Å². The smallest absolute Gasteiger partial charge is 0.332 e. The van der Waals surface area contributed by atoms with Crippen LogP contribution in [0.25, 0.3) is 11.4 Å². The third-order valence-corrected chi connectivity index (χ3v) is 4.91. The predicted molar refractivity (Wildman–Crippen MR) is 94.1 cm³/mol. The van der Waals surface area contributed by atoms with Gasteiger partial charge in [-0.25, -0.2) is 8.78 Å². The quantitative estimate of drug-likeness (QED) is 0.530. The van der Waals surface area contributed by atoms with E-state index in [4.69, 9.17) is 0 Å². The summed E-state index contributed by atoms with van der Waals surface area (Å²) in [6.45, 7) is 1.18. The van der Waals surface area contributed by atoms with Gasteiger partial charge in [0.05, 0.1) is 17.3 Å². The fourth-order valence-electron chi connectivity index (χ4n) is 3.21. The molecule has 2 aliphatic rings. The molecule has 0 radical (unpaired) electrons. The van der Waals surface area contributed by atoms with Crippen molar-refractivity contribution in [2.24, 2.45) is 0 Å². The molecule has 0 unspecified atom stereocenters. The molecule has 31 heavy (non-hydrogen) atoms. The maximum atomic E-state index is 14.8. The van der Waals surface area contributed by atoms with Gasteiger partial charge >= 0.3 is 12.1 Å². The van der Waals surface area contributed by atoms with Gasteiger partial charge in [-0.15, -0.1) is 0 Å². The molecular formula is C19H13F5N4O3. The van der Waals surface area contributed by atoms with Crippen molar-refractivity contribution in [1.29, 1.82) is 0 Å². The maximum absolute atomic E-state index is 14.8. The number of halogens is 5. The summed E-state index contributed by atoms with van der Waals surface area (Å²) in [6.07, 6.45) is -3.84. The SMILES string of the molecule is O=C(C#C[C@@H]1CCC(=O)N1c1cc(F)c(-c2noc(C(F)(F)F)n2)cc1F)N1CCC1. The first-order valence-electron chi connectivity index (χ1n) is 9.18. The minimum absolute atomic E-state index is 0.0137. The van der Waals surface area contributed by atoms with E-state index >= 15 is 0 Å². The summed E-state index contributed by atoms with van der Waals surface area (Å²) in [7, 11) is 0. The number of carbonyl (C=O) groups excluding carboxylic acids is 2. The lowest BCUT2D eigenvalue weighted by Crippen LogP contribution is -2.41. The van der Waals surface area contributed by atoms with Crippen LogP contribution in [0.2, 0.25) is 0 Å². The van der Waals surface area contributed by atoms with Crippen LogP contribution < -0.4 is 4.90 Å². The Bertz CT molecular complexity index is 1110. The van der Waals surface area contributed by atoms with E-state index in [0.717, 1.165) is 11.3 Å². The van der Waals surface area contributed by atoms with Crippen molar-refractivity contribution in [1.82, 2.24) is 15.0 Å². The highest BCUT2D eigenvalue weighted by Gasteiger charge is 2.39. The second-order valence-electron chi connectivity index (χ2n) is 6.94. The minimum Gasteiger partial charge on any atom is -0.332 e. The molecule has 2 fully saturated rings. The fourth-order valence-corrected chi connectivity index (χ4v) is 3.21. The monoisotopic (exact) mass is 440 g/mol. The molecule has 0 aliphatic carbocycles. The molecule has 1 aromatic carbocycles. The van der Waals surface area contributed by atoms with Crippen LogP contribution in [0.5, 0.6) is 0 Å². The van der Waals surface area contributed by atoms with Crippen molar-refractivity contribution < 1.29 is 36.1 Å². The van der Waals surface area contributed by atoms with E-state index in [2.05, 4.69) is 26.5 Å². The Balaban J connectivity index is 1.63. The lowest BCUT2D eigenvalue weighted by atomic mass is 10.1. The molecule has 12 heteroatoms. The number of alkyl halides is 3. The van der Waals surface area contributed by atoms with Crippen LogP contribution in [-0.4, -0.2) is 46.0 Å². The lowest BCUT2D eigenvalue weighted by molar-refractivity contribution is -0.159. The molecule has 2 amide bonds. The molecule has 0 spiro atoms. The van der Waals surface area contributed by atoms with Crippen LogP contribution in [0.3, 0.4) is 0 Å². The molecule has 2 aliphatic heterocycles. The number of likely N-dealkylation sites (tertiary alicyclic amines) is 1. The van der Waals surface area contributed by atoms with E-state index < -0.39 is 58.6 Å². The first-order chi connectivity index (χ1) is 14.6. The van der Waals surface area contributed by atoms with Crippen molar-refractivity contribution in [2.75, 3.05) is 18.0 Å². The molecular weight excluding hydrogens is 427 g/mol. The molecule has 1 atom stereocenters. The van der Waals surface area contributed by atoms with Gasteiger partial charge in [0.2, 0.25) is 11.7 Å². The minimum atomic E-state index is -4.94. The van der Waals surface area contributed by atoms with E-state index in [1.54, 1.807) is 0 Å². The molecule has 0 N–H and O–H groups in total. The van der Waals surface area contributed by atoms with Crippen LogP contribution in [0.4, 0.5) is 27.6 Å². The number of rotatable bonds is 2. The van der Waals surface area contributed by atoms with E-state index in [0.29, 0.717) is 25.2 Å². The summed E-state index contributed by atoms with van der Waals surface area (Å²) in [5, 5.41) is 3.03. The highest BCUT2D eigenvalue weighted by atomic mass is 19.4. The molecule has 7 nitrogen and oxygen atoms in total. The zero-order valence-electron chi connectivity index (χ0n) is 15.7. The Morgan fingerprint density at radius 3 is 2.55 bits per heavy atom. The second-order valence-corrected chi connectivity index (χ2v) is 6.94. The zero-order valence-corrected chi connectivity index (χ0v) is 15.7. The molecule has 3 heterocycles. The maximum Gasteiger partial charge on any atom is 0.471 e. The van der Waals surface area contributed by atoms with Crippen molar-refractivity contribution in [3.05, 3.63) is 29.7 Å². The number of anilines is 1. The van der Waals surface area contributed by atoms with Crippen LogP contribution >= 0.6 is 0 Å². The van der Waals surface area contributed by atoms with E-state index in [-0.39, 0.29) is 12.8 Å². The fraction of sp³-hybridized carbons (Fsp3) is 0.368. The summed E-state index contributed by atoms with van der Waals surface area (Å²) in [5.41, 5.74) is -1.11. The van der Waals surface area contributed by atoms with Crippen LogP contribution in [0.15, 0.2) is 16.7 Å². The number of aromatic nitrogens is 2. The summed E-state index contributed by atoms with van der Waals surface area (Å²) in [5.74, 6) is -0.631. The van der Waals surface area contributed by atoms with E-state index in [9.17, 15) is 31.5 Å².